The Morgan fingerprint density at radius 1 is 1.33 bits per heavy atom. The molecule has 0 fully saturated rings. The topological polar surface area (TPSA) is 44.4 Å². The number of carbonyl (C=O) groups excluding carboxylic acids is 1. The molecule has 0 aliphatic rings. The summed E-state index contributed by atoms with van der Waals surface area (Å²) < 4.78 is 0. The van der Waals surface area contributed by atoms with Crippen LogP contribution in [0.4, 0.5) is 11.4 Å². The molecular formula is C11H18Cl3N3O. The number of nitrogens with one attached hydrogen (secondary N) is 2. The predicted octanol–water partition coefficient (Wildman–Crippen LogP) is 2.41. The van der Waals surface area contributed by atoms with Crippen LogP contribution >= 0.6 is 36.4 Å². The number of likely N-dealkylation sites (N-methyl/N-ethyl adjacent to an activating group) is 1. The zero-order chi connectivity index (χ0) is 12.1. The van der Waals surface area contributed by atoms with Gasteiger partial charge >= 0.3 is 0 Å². The molecular weight excluding hydrogens is 296 g/mol. The summed E-state index contributed by atoms with van der Waals surface area (Å²) in [7, 11) is 5.55. The smallest absolute Gasteiger partial charge is 0.238 e. The van der Waals surface area contributed by atoms with Gasteiger partial charge in [-0.1, -0.05) is 11.6 Å². The predicted molar refractivity (Wildman–Crippen MR) is 82.8 cm³/mol. The molecule has 0 bridgehead atoms. The minimum absolute atomic E-state index is 0. The van der Waals surface area contributed by atoms with E-state index in [0.29, 0.717) is 5.02 Å². The van der Waals surface area contributed by atoms with Gasteiger partial charge in [-0.25, -0.2) is 0 Å². The summed E-state index contributed by atoms with van der Waals surface area (Å²) >= 11 is 5.90. The zero-order valence-electron chi connectivity index (χ0n) is 10.5. The molecule has 0 heterocycles. The van der Waals surface area contributed by atoms with Gasteiger partial charge in [0.25, 0.3) is 0 Å². The van der Waals surface area contributed by atoms with Gasteiger partial charge in [0.1, 0.15) is 0 Å². The highest BCUT2D eigenvalue weighted by Gasteiger charge is 2.08. The monoisotopic (exact) mass is 313 g/mol. The summed E-state index contributed by atoms with van der Waals surface area (Å²) in [5.74, 6) is -0.0899. The third-order valence-corrected chi connectivity index (χ3v) is 2.29. The first-order valence-corrected chi connectivity index (χ1v) is 5.33. The van der Waals surface area contributed by atoms with Crippen molar-refractivity contribution in [3.05, 3.63) is 23.2 Å². The largest absolute Gasteiger partial charge is 0.376 e. The Kier molecular flexibility index (Phi) is 10.1. The van der Waals surface area contributed by atoms with Gasteiger partial charge in [0.2, 0.25) is 5.91 Å². The molecule has 0 saturated carbocycles. The number of rotatable bonds is 4. The van der Waals surface area contributed by atoms with E-state index in [-0.39, 0.29) is 37.3 Å². The van der Waals surface area contributed by atoms with E-state index in [1.807, 2.05) is 25.1 Å². The van der Waals surface area contributed by atoms with E-state index in [4.69, 9.17) is 11.6 Å². The maximum Gasteiger partial charge on any atom is 0.238 e. The minimum Gasteiger partial charge on any atom is -0.376 e. The van der Waals surface area contributed by atoms with Crippen molar-refractivity contribution in [2.75, 3.05) is 37.9 Å². The van der Waals surface area contributed by atoms with Gasteiger partial charge in [0.15, 0.2) is 0 Å². The second kappa shape index (κ2) is 9.28. The van der Waals surface area contributed by atoms with Crippen molar-refractivity contribution in [1.82, 2.24) is 5.32 Å². The Balaban J connectivity index is 0. The van der Waals surface area contributed by atoms with Crippen LogP contribution in [0.25, 0.3) is 0 Å². The average Bonchev–Trinajstić information content (AvgIpc) is 2.17. The van der Waals surface area contributed by atoms with Crippen LogP contribution in [0.2, 0.25) is 5.02 Å². The summed E-state index contributed by atoms with van der Waals surface area (Å²) in [6, 6.07) is 5.41. The van der Waals surface area contributed by atoms with Crippen LogP contribution in [0.1, 0.15) is 0 Å². The van der Waals surface area contributed by atoms with E-state index >= 15 is 0 Å². The summed E-state index contributed by atoms with van der Waals surface area (Å²) in [6.07, 6.45) is 0. The number of hydrogen-bond donors (Lipinski definition) is 2. The molecule has 0 aromatic heterocycles. The minimum atomic E-state index is -0.0899. The van der Waals surface area contributed by atoms with Crippen molar-refractivity contribution >= 4 is 53.7 Å². The van der Waals surface area contributed by atoms with Crippen molar-refractivity contribution in [2.24, 2.45) is 0 Å². The van der Waals surface area contributed by atoms with Crippen LogP contribution < -0.4 is 15.5 Å². The first kappa shape index (κ1) is 19.7. The second-order valence-corrected chi connectivity index (χ2v) is 4.07. The van der Waals surface area contributed by atoms with Crippen molar-refractivity contribution < 1.29 is 4.79 Å². The maximum absolute atomic E-state index is 11.5. The normalized spacial score (nSPS) is 8.89. The Morgan fingerprint density at radius 2 is 1.94 bits per heavy atom. The molecule has 104 valence electrons. The number of anilines is 2. The summed E-state index contributed by atoms with van der Waals surface area (Å²) in [6.45, 7) is 0.277. The van der Waals surface area contributed by atoms with E-state index in [1.54, 1.807) is 19.2 Å². The molecule has 0 aliphatic carbocycles. The second-order valence-electron chi connectivity index (χ2n) is 3.63. The maximum atomic E-state index is 11.5. The quantitative estimate of drug-likeness (QED) is 0.897. The molecule has 2 N–H and O–H groups in total. The van der Waals surface area contributed by atoms with E-state index < -0.39 is 0 Å². The summed E-state index contributed by atoms with van der Waals surface area (Å²) in [5, 5.41) is 6.20. The third kappa shape index (κ3) is 5.78. The number of benzene rings is 1. The standard InChI is InChI=1S/C11H16ClN3O.2ClH/c1-13-7-11(16)14-9-6-8(12)4-5-10(9)15(2)3;;/h4-6,13H,7H2,1-3H3,(H,14,16);2*1H. The number of hydrogen-bond acceptors (Lipinski definition) is 3. The van der Waals surface area contributed by atoms with Gasteiger partial charge in [0, 0.05) is 19.1 Å². The molecule has 0 unspecified atom stereocenters. The molecule has 0 radical (unpaired) electrons. The lowest BCUT2D eigenvalue weighted by Gasteiger charge is -2.18. The van der Waals surface area contributed by atoms with Crippen molar-refractivity contribution in [3.63, 3.8) is 0 Å². The van der Waals surface area contributed by atoms with Crippen LogP contribution in [0, 0.1) is 0 Å². The molecule has 18 heavy (non-hydrogen) atoms. The highest BCUT2D eigenvalue weighted by atomic mass is 35.5. The fourth-order valence-corrected chi connectivity index (χ4v) is 1.53. The molecule has 1 aromatic rings. The Hall–Kier alpha value is -0.680. The van der Waals surface area contributed by atoms with E-state index in [9.17, 15) is 4.79 Å². The Bertz CT molecular complexity index is 386. The van der Waals surface area contributed by atoms with Crippen molar-refractivity contribution in [3.8, 4) is 0 Å². The van der Waals surface area contributed by atoms with E-state index in [1.165, 1.54) is 0 Å². The first-order valence-electron chi connectivity index (χ1n) is 4.96. The Labute approximate surface area is 125 Å². The van der Waals surface area contributed by atoms with E-state index in [2.05, 4.69) is 10.6 Å². The van der Waals surface area contributed by atoms with Crippen LogP contribution in [-0.2, 0) is 4.79 Å². The van der Waals surface area contributed by atoms with Crippen LogP contribution in [0.15, 0.2) is 18.2 Å². The van der Waals surface area contributed by atoms with Gasteiger partial charge in [-0.05, 0) is 25.2 Å². The number of carbonyl (C=O) groups is 1. The molecule has 0 saturated heterocycles. The highest BCUT2D eigenvalue weighted by molar-refractivity contribution is 6.31. The van der Waals surface area contributed by atoms with Gasteiger partial charge in [-0.15, -0.1) is 24.8 Å². The van der Waals surface area contributed by atoms with Gasteiger partial charge in [-0.2, -0.15) is 0 Å². The van der Waals surface area contributed by atoms with Gasteiger partial charge in [-0.3, -0.25) is 4.79 Å². The fraction of sp³-hybridized carbons (Fsp3) is 0.364. The molecule has 0 atom stereocenters. The van der Waals surface area contributed by atoms with Crippen molar-refractivity contribution in [2.45, 2.75) is 0 Å². The summed E-state index contributed by atoms with van der Waals surface area (Å²) in [5.41, 5.74) is 1.65. The van der Waals surface area contributed by atoms with Gasteiger partial charge in [0.05, 0.1) is 17.9 Å². The zero-order valence-corrected chi connectivity index (χ0v) is 12.9. The number of halogens is 3. The van der Waals surface area contributed by atoms with Gasteiger partial charge < -0.3 is 15.5 Å². The first-order chi connectivity index (χ1) is 7.54. The molecule has 1 rings (SSSR count). The third-order valence-electron chi connectivity index (χ3n) is 2.05. The van der Waals surface area contributed by atoms with E-state index in [0.717, 1.165) is 11.4 Å². The molecule has 1 aromatic carbocycles. The average molecular weight is 315 g/mol. The SMILES string of the molecule is CNCC(=O)Nc1cc(Cl)ccc1N(C)C.Cl.Cl. The lowest BCUT2D eigenvalue weighted by molar-refractivity contribution is -0.115. The number of nitrogens with zero attached hydrogens (tertiary/aromatic N) is 1. The molecule has 0 spiro atoms. The molecule has 1 amide bonds. The van der Waals surface area contributed by atoms with Crippen molar-refractivity contribution in [1.29, 1.82) is 0 Å². The fourth-order valence-electron chi connectivity index (χ4n) is 1.35. The van der Waals surface area contributed by atoms with Crippen LogP contribution in [0.3, 0.4) is 0 Å². The molecule has 7 heteroatoms. The summed E-state index contributed by atoms with van der Waals surface area (Å²) in [4.78, 5) is 13.4. The number of amides is 1. The lowest BCUT2D eigenvalue weighted by Crippen LogP contribution is -2.26. The highest BCUT2D eigenvalue weighted by Crippen LogP contribution is 2.27. The Morgan fingerprint density at radius 3 is 2.44 bits per heavy atom. The lowest BCUT2D eigenvalue weighted by atomic mass is 10.2. The molecule has 0 aliphatic heterocycles. The van der Waals surface area contributed by atoms with Crippen LogP contribution in [0.5, 0.6) is 0 Å². The van der Waals surface area contributed by atoms with Crippen LogP contribution in [-0.4, -0.2) is 33.6 Å². The molecule has 4 nitrogen and oxygen atoms in total.